The van der Waals surface area contributed by atoms with Crippen molar-refractivity contribution in [3.8, 4) is 0 Å². The summed E-state index contributed by atoms with van der Waals surface area (Å²) < 4.78 is 26.5. The van der Waals surface area contributed by atoms with Gasteiger partial charge in [0.05, 0.1) is 5.60 Å². The molecule has 1 N–H and O–H groups in total. The quantitative estimate of drug-likeness (QED) is 0.798. The van der Waals surface area contributed by atoms with Crippen LogP contribution in [0.2, 0.25) is 0 Å². The molecule has 3 unspecified atom stereocenters. The first-order chi connectivity index (χ1) is 8.32. The lowest BCUT2D eigenvalue weighted by atomic mass is 9.67. The summed E-state index contributed by atoms with van der Waals surface area (Å²) in [6, 6.07) is 0. The van der Waals surface area contributed by atoms with Crippen LogP contribution in [0.1, 0.15) is 65.2 Å². The highest BCUT2D eigenvalue weighted by atomic mass is 19.3. The van der Waals surface area contributed by atoms with E-state index >= 15 is 0 Å². The highest BCUT2D eigenvalue weighted by molar-refractivity contribution is 4.95. The molecule has 1 nitrogen and oxygen atoms in total. The van der Waals surface area contributed by atoms with Crippen molar-refractivity contribution in [1.82, 2.24) is 0 Å². The zero-order valence-corrected chi connectivity index (χ0v) is 11.6. The van der Waals surface area contributed by atoms with Gasteiger partial charge in [-0.15, -0.1) is 0 Å². The van der Waals surface area contributed by atoms with Crippen molar-refractivity contribution in [2.24, 2.45) is 17.8 Å². The Morgan fingerprint density at radius 3 is 2.44 bits per heavy atom. The van der Waals surface area contributed by atoms with E-state index in [1.165, 1.54) is 6.42 Å². The summed E-state index contributed by atoms with van der Waals surface area (Å²) in [5.41, 5.74) is -0.683. The van der Waals surface area contributed by atoms with Crippen molar-refractivity contribution in [3.63, 3.8) is 0 Å². The van der Waals surface area contributed by atoms with Gasteiger partial charge >= 0.3 is 0 Å². The standard InChI is InChI=1S/C15H26F2O/c1-11(2)13-5-3-4-7-14(13,18)9-12-6-8-15(16,17)10-12/h11-13,18H,3-10H2,1-2H3. The van der Waals surface area contributed by atoms with Gasteiger partial charge in [-0.2, -0.15) is 0 Å². The van der Waals surface area contributed by atoms with Crippen LogP contribution in [0.15, 0.2) is 0 Å². The number of hydrogen-bond donors (Lipinski definition) is 1. The van der Waals surface area contributed by atoms with E-state index in [0.29, 0.717) is 24.7 Å². The third-order valence-electron chi connectivity index (χ3n) is 5.02. The zero-order chi connectivity index (χ0) is 13.4. The van der Waals surface area contributed by atoms with Crippen molar-refractivity contribution in [3.05, 3.63) is 0 Å². The number of hydrogen-bond acceptors (Lipinski definition) is 1. The molecule has 0 bridgehead atoms. The lowest BCUT2D eigenvalue weighted by molar-refractivity contribution is -0.0848. The van der Waals surface area contributed by atoms with Crippen LogP contribution in [-0.2, 0) is 0 Å². The highest BCUT2D eigenvalue weighted by Gasteiger charge is 2.46. The van der Waals surface area contributed by atoms with Crippen LogP contribution >= 0.6 is 0 Å². The van der Waals surface area contributed by atoms with Gasteiger partial charge in [0.15, 0.2) is 0 Å². The van der Waals surface area contributed by atoms with Gasteiger partial charge in [0.2, 0.25) is 5.92 Å². The van der Waals surface area contributed by atoms with Gasteiger partial charge in [0.1, 0.15) is 0 Å². The van der Waals surface area contributed by atoms with E-state index < -0.39 is 11.5 Å². The van der Waals surface area contributed by atoms with E-state index in [2.05, 4.69) is 13.8 Å². The van der Waals surface area contributed by atoms with Gasteiger partial charge < -0.3 is 5.11 Å². The fourth-order valence-corrected chi connectivity index (χ4v) is 4.17. The Labute approximate surface area is 109 Å². The summed E-state index contributed by atoms with van der Waals surface area (Å²) in [5.74, 6) is -1.73. The van der Waals surface area contributed by atoms with Crippen LogP contribution in [0.4, 0.5) is 8.78 Å². The number of alkyl halides is 2. The van der Waals surface area contributed by atoms with E-state index in [9.17, 15) is 13.9 Å². The van der Waals surface area contributed by atoms with Crippen molar-refractivity contribution in [2.45, 2.75) is 76.7 Å². The van der Waals surface area contributed by atoms with Crippen molar-refractivity contribution in [2.75, 3.05) is 0 Å². The van der Waals surface area contributed by atoms with E-state index in [1.807, 2.05) is 0 Å². The van der Waals surface area contributed by atoms with Gasteiger partial charge in [-0.3, -0.25) is 0 Å². The Bertz CT molecular complexity index is 290. The third-order valence-corrected chi connectivity index (χ3v) is 5.02. The Kier molecular flexibility index (Phi) is 4.01. The van der Waals surface area contributed by atoms with Crippen LogP contribution in [-0.4, -0.2) is 16.6 Å². The van der Waals surface area contributed by atoms with Gasteiger partial charge in [-0.05, 0) is 43.4 Å². The van der Waals surface area contributed by atoms with Gasteiger partial charge in [0, 0.05) is 12.8 Å². The molecule has 2 saturated carbocycles. The molecule has 0 amide bonds. The lowest BCUT2D eigenvalue weighted by Gasteiger charge is -2.43. The molecule has 0 heterocycles. The minimum atomic E-state index is -2.48. The predicted molar refractivity (Wildman–Crippen MR) is 68.7 cm³/mol. The molecule has 0 aromatic heterocycles. The molecule has 106 valence electrons. The number of aliphatic hydroxyl groups is 1. The maximum atomic E-state index is 13.2. The van der Waals surface area contributed by atoms with Crippen molar-refractivity contribution in [1.29, 1.82) is 0 Å². The van der Waals surface area contributed by atoms with Crippen molar-refractivity contribution < 1.29 is 13.9 Å². The second kappa shape index (κ2) is 5.07. The SMILES string of the molecule is CC(C)C1CCCCC1(O)CC1CCC(F)(F)C1. The molecule has 2 fully saturated rings. The molecule has 0 spiro atoms. The second-order valence-electron chi connectivity index (χ2n) is 6.87. The fourth-order valence-electron chi connectivity index (χ4n) is 4.17. The first kappa shape index (κ1) is 14.2. The molecule has 0 aromatic carbocycles. The Hall–Kier alpha value is -0.180. The van der Waals surface area contributed by atoms with E-state index in [-0.39, 0.29) is 18.8 Å². The smallest absolute Gasteiger partial charge is 0.248 e. The zero-order valence-electron chi connectivity index (χ0n) is 11.6. The third kappa shape index (κ3) is 3.04. The van der Waals surface area contributed by atoms with Crippen LogP contribution in [0.3, 0.4) is 0 Å². The molecule has 2 rings (SSSR count). The maximum Gasteiger partial charge on any atom is 0.248 e. The van der Waals surface area contributed by atoms with E-state index in [4.69, 9.17) is 0 Å². The molecule has 0 aromatic rings. The summed E-state index contributed by atoms with van der Waals surface area (Å²) >= 11 is 0. The van der Waals surface area contributed by atoms with Crippen LogP contribution in [0.5, 0.6) is 0 Å². The monoisotopic (exact) mass is 260 g/mol. The summed E-state index contributed by atoms with van der Waals surface area (Å²) in [6.45, 7) is 4.29. The van der Waals surface area contributed by atoms with Crippen LogP contribution in [0.25, 0.3) is 0 Å². The Balaban J connectivity index is 2.01. The normalized spacial score (nSPS) is 40.3. The average Bonchev–Trinajstić information content (AvgIpc) is 2.57. The Morgan fingerprint density at radius 1 is 1.17 bits per heavy atom. The van der Waals surface area contributed by atoms with Gasteiger partial charge in [0.25, 0.3) is 0 Å². The maximum absolute atomic E-state index is 13.2. The lowest BCUT2D eigenvalue weighted by Crippen LogP contribution is -2.44. The molecule has 2 aliphatic rings. The van der Waals surface area contributed by atoms with Gasteiger partial charge in [-0.25, -0.2) is 8.78 Å². The predicted octanol–water partition coefficient (Wildman–Crippen LogP) is 4.39. The molecule has 2 aliphatic carbocycles. The number of halogens is 2. The minimum absolute atomic E-state index is 0.0138. The fraction of sp³-hybridized carbons (Fsp3) is 1.00. The Morgan fingerprint density at radius 2 is 1.89 bits per heavy atom. The largest absolute Gasteiger partial charge is 0.390 e. The summed E-state index contributed by atoms with van der Waals surface area (Å²) in [6.07, 6.45) is 5.25. The summed E-state index contributed by atoms with van der Waals surface area (Å²) in [5, 5.41) is 10.9. The molecule has 0 radical (unpaired) electrons. The number of rotatable bonds is 3. The first-order valence-electron chi connectivity index (χ1n) is 7.43. The average molecular weight is 260 g/mol. The first-order valence-corrected chi connectivity index (χ1v) is 7.43. The second-order valence-corrected chi connectivity index (χ2v) is 6.87. The van der Waals surface area contributed by atoms with Gasteiger partial charge in [-0.1, -0.05) is 26.7 Å². The molecule has 0 saturated heterocycles. The minimum Gasteiger partial charge on any atom is -0.390 e. The summed E-state index contributed by atoms with van der Waals surface area (Å²) in [4.78, 5) is 0. The molecule has 18 heavy (non-hydrogen) atoms. The molecule has 0 aliphatic heterocycles. The topological polar surface area (TPSA) is 20.2 Å². The summed E-state index contributed by atoms with van der Waals surface area (Å²) in [7, 11) is 0. The van der Waals surface area contributed by atoms with Crippen molar-refractivity contribution >= 4 is 0 Å². The molecule has 3 heteroatoms. The van der Waals surface area contributed by atoms with Crippen LogP contribution in [0, 0.1) is 17.8 Å². The van der Waals surface area contributed by atoms with E-state index in [1.54, 1.807) is 0 Å². The highest BCUT2D eigenvalue weighted by Crippen LogP contribution is 2.47. The molecular weight excluding hydrogens is 234 g/mol. The van der Waals surface area contributed by atoms with Crippen LogP contribution < -0.4 is 0 Å². The molecular formula is C15H26F2O. The molecule has 3 atom stereocenters. The van der Waals surface area contributed by atoms with E-state index in [0.717, 1.165) is 19.3 Å².